The lowest BCUT2D eigenvalue weighted by Gasteiger charge is -2.34. The van der Waals surface area contributed by atoms with E-state index >= 15 is 0 Å². The molecule has 1 aliphatic heterocycles. The molecule has 1 atom stereocenters. The average Bonchev–Trinajstić information content (AvgIpc) is 2.90. The van der Waals surface area contributed by atoms with Crippen molar-refractivity contribution in [2.45, 2.75) is 19.6 Å². The summed E-state index contributed by atoms with van der Waals surface area (Å²) in [6, 6.07) is 2.20. The van der Waals surface area contributed by atoms with Gasteiger partial charge in [0.15, 0.2) is 11.4 Å². The zero-order valence-corrected chi connectivity index (χ0v) is 13.5. The summed E-state index contributed by atoms with van der Waals surface area (Å²) in [7, 11) is 1.90. The fraction of sp³-hybridized carbons (Fsp3) is 0.429. The minimum Gasteiger partial charge on any atom is -0.353 e. The van der Waals surface area contributed by atoms with Crippen molar-refractivity contribution in [3.05, 3.63) is 34.1 Å². The number of thiazole rings is 1. The quantitative estimate of drug-likeness (QED) is 0.815. The topological polar surface area (TPSA) is 61.2 Å². The van der Waals surface area contributed by atoms with Gasteiger partial charge in [-0.15, -0.1) is 11.3 Å². The molecule has 2 heterocycles. The van der Waals surface area contributed by atoms with Crippen LogP contribution < -0.4 is 10.2 Å². The molecule has 0 fully saturated rings. The largest absolute Gasteiger partial charge is 0.353 e. The van der Waals surface area contributed by atoms with Crippen molar-refractivity contribution in [2.75, 3.05) is 25.1 Å². The molecular weight excluding hydrogens is 308 g/mol. The lowest BCUT2D eigenvalue weighted by atomic mass is 10.1. The van der Waals surface area contributed by atoms with E-state index in [0.717, 1.165) is 23.7 Å². The van der Waals surface area contributed by atoms with Gasteiger partial charge in [0.1, 0.15) is 5.00 Å². The van der Waals surface area contributed by atoms with Gasteiger partial charge >= 0.3 is 0 Å². The summed E-state index contributed by atoms with van der Waals surface area (Å²) in [6.07, 6.45) is 4.11. The Balaban J connectivity index is 2.22. The van der Waals surface area contributed by atoms with Gasteiger partial charge in [-0.05, 0) is 39.1 Å². The predicted octanol–water partition coefficient (Wildman–Crippen LogP) is 2.92. The number of anilines is 1. The van der Waals surface area contributed by atoms with Crippen LogP contribution in [-0.4, -0.2) is 31.4 Å². The van der Waals surface area contributed by atoms with Crippen LogP contribution in [0.15, 0.2) is 28.9 Å². The zero-order valence-electron chi connectivity index (χ0n) is 12.0. The second-order valence-electron chi connectivity index (χ2n) is 4.54. The molecule has 7 heteroatoms. The lowest BCUT2D eigenvalue weighted by Crippen LogP contribution is -2.39. The number of allylic oxidation sites excluding steroid dienone is 3. The van der Waals surface area contributed by atoms with Crippen LogP contribution in [0.1, 0.15) is 13.3 Å². The molecule has 2 rings (SSSR count). The molecule has 1 aromatic heterocycles. The van der Waals surface area contributed by atoms with Gasteiger partial charge in [-0.3, -0.25) is 0 Å². The standard InChI is InChI=1S/C14H17ClN4OS/c1-10-4-5-11(8-16)13(20-7-3-6-17-2)19(10)14-12(15)18-9-21-14/h4-5,9,13,17H,3,6-7H2,1-2H3. The number of hydrogen-bond donors (Lipinski definition) is 1. The molecule has 1 unspecified atom stereocenters. The van der Waals surface area contributed by atoms with E-state index in [2.05, 4.69) is 16.4 Å². The molecule has 0 bridgehead atoms. The SMILES string of the molecule is CNCCCOC1C(C#N)=CC=C(C)N1c1scnc1Cl. The maximum Gasteiger partial charge on any atom is 0.170 e. The van der Waals surface area contributed by atoms with Crippen molar-refractivity contribution in [2.24, 2.45) is 0 Å². The Labute approximate surface area is 133 Å². The number of ether oxygens (including phenoxy) is 1. The Hall–Kier alpha value is -1.39. The molecule has 0 aromatic carbocycles. The summed E-state index contributed by atoms with van der Waals surface area (Å²) < 4.78 is 5.92. The lowest BCUT2D eigenvalue weighted by molar-refractivity contribution is 0.0798. The minimum absolute atomic E-state index is 0.427. The monoisotopic (exact) mass is 324 g/mol. The highest BCUT2D eigenvalue weighted by Gasteiger charge is 2.30. The third-order valence-corrected chi connectivity index (χ3v) is 4.30. The zero-order chi connectivity index (χ0) is 15.2. The first-order valence-corrected chi connectivity index (χ1v) is 7.87. The molecular formula is C14H17ClN4OS. The van der Waals surface area contributed by atoms with Crippen LogP contribution in [0.3, 0.4) is 0 Å². The summed E-state index contributed by atoms with van der Waals surface area (Å²) in [5.74, 6) is 0. The Kier molecular flexibility index (Phi) is 5.76. The van der Waals surface area contributed by atoms with E-state index < -0.39 is 6.23 Å². The molecule has 0 saturated heterocycles. The molecule has 0 spiro atoms. The van der Waals surface area contributed by atoms with Gasteiger partial charge in [0.05, 0.1) is 23.8 Å². The number of nitrogens with one attached hydrogen (secondary N) is 1. The van der Waals surface area contributed by atoms with Gasteiger partial charge in [0, 0.05) is 5.70 Å². The molecule has 1 N–H and O–H groups in total. The Morgan fingerprint density at radius 1 is 1.57 bits per heavy atom. The van der Waals surface area contributed by atoms with Gasteiger partial charge in [-0.25, -0.2) is 4.98 Å². The van der Waals surface area contributed by atoms with E-state index in [1.165, 1.54) is 11.3 Å². The molecule has 1 aliphatic rings. The first-order chi connectivity index (χ1) is 10.2. The Bertz CT molecular complexity index is 590. The van der Waals surface area contributed by atoms with Crippen LogP contribution in [0.4, 0.5) is 5.00 Å². The van der Waals surface area contributed by atoms with Gasteiger partial charge < -0.3 is 15.0 Å². The number of nitriles is 1. The maximum absolute atomic E-state index is 9.32. The highest BCUT2D eigenvalue weighted by Crippen LogP contribution is 2.37. The van der Waals surface area contributed by atoms with Crippen LogP contribution in [0.5, 0.6) is 0 Å². The molecule has 0 amide bonds. The highest BCUT2D eigenvalue weighted by molar-refractivity contribution is 7.14. The van der Waals surface area contributed by atoms with Crippen LogP contribution in [-0.2, 0) is 4.74 Å². The number of halogens is 1. The van der Waals surface area contributed by atoms with E-state index in [1.54, 1.807) is 11.6 Å². The van der Waals surface area contributed by atoms with E-state index in [-0.39, 0.29) is 0 Å². The van der Waals surface area contributed by atoms with Crippen molar-refractivity contribution >= 4 is 27.9 Å². The van der Waals surface area contributed by atoms with Crippen molar-refractivity contribution < 1.29 is 4.74 Å². The molecule has 0 saturated carbocycles. The maximum atomic E-state index is 9.32. The summed E-state index contributed by atoms with van der Waals surface area (Å²) in [4.78, 5) is 6.00. The smallest absolute Gasteiger partial charge is 0.170 e. The van der Waals surface area contributed by atoms with Crippen molar-refractivity contribution in [3.63, 3.8) is 0 Å². The van der Waals surface area contributed by atoms with E-state index in [0.29, 0.717) is 17.3 Å². The van der Waals surface area contributed by atoms with Gasteiger partial charge in [0.2, 0.25) is 0 Å². The van der Waals surface area contributed by atoms with Gasteiger partial charge in [-0.2, -0.15) is 5.26 Å². The average molecular weight is 325 g/mol. The van der Waals surface area contributed by atoms with Crippen LogP contribution in [0, 0.1) is 11.3 Å². The van der Waals surface area contributed by atoms with E-state index in [9.17, 15) is 5.26 Å². The van der Waals surface area contributed by atoms with Crippen LogP contribution in [0.25, 0.3) is 0 Å². The number of nitrogens with zero attached hydrogens (tertiary/aromatic N) is 3. The Morgan fingerprint density at radius 3 is 3.00 bits per heavy atom. The third kappa shape index (κ3) is 3.63. The molecule has 5 nitrogen and oxygen atoms in total. The summed E-state index contributed by atoms with van der Waals surface area (Å²) >= 11 is 7.57. The minimum atomic E-state index is -0.449. The van der Waals surface area contributed by atoms with Crippen LogP contribution in [0.2, 0.25) is 5.15 Å². The molecule has 0 radical (unpaired) electrons. The van der Waals surface area contributed by atoms with Gasteiger partial charge in [-0.1, -0.05) is 11.6 Å². The fourth-order valence-corrected chi connectivity index (χ4v) is 3.14. The first kappa shape index (κ1) is 16.0. The predicted molar refractivity (Wildman–Crippen MR) is 85.3 cm³/mol. The molecule has 21 heavy (non-hydrogen) atoms. The number of rotatable bonds is 6. The number of aromatic nitrogens is 1. The summed E-state index contributed by atoms with van der Waals surface area (Å²) in [5, 5.41) is 13.6. The summed E-state index contributed by atoms with van der Waals surface area (Å²) in [6.45, 7) is 3.39. The third-order valence-electron chi connectivity index (χ3n) is 3.09. The second-order valence-corrected chi connectivity index (χ2v) is 5.73. The van der Waals surface area contributed by atoms with Crippen molar-refractivity contribution in [1.29, 1.82) is 5.26 Å². The first-order valence-electron chi connectivity index (χ1n) is 6.62. The van der Waals surface area contributed by atoms with Gasteiger partial charge in [0.25, 0.3) is 0 Å². The van der Waals surface area contributed by atoms with E-state index in [4.69, 9.17) is 16.3 Å². The van der Waals surface area contributed by atoms with E-state index in [1.807, 2.05) is 24.9 Å². The fourth-order valence-electron chi connectivity index (χ4n) is 2.05. The molecule has 1 aromatic rings. The molecule has 112 valence electrons. The number of hydrogen-bond acceptors (Lipinski definition) is 6. The van der Waals surface area contributed by atoms with Crippen molar-refractivity contribution in [3.8, 4) is 6.07 Å². The Morgan fingerprint density at radius 2 is 2.38 bits per heavy atom. The highest BCUT2D eigenvalue weighted by atomic mass is 35.5. The second kappa shape index (κ2) is 7.57. The summed E-state index contributed by atoms with van der Waals surface area (Å²) in [5.41, 5.74) is 3.22. The van der Waals surface area contributed by atoms with Crippen LogP contribution >= 0.6 is 22.9 Å². The van der Waals surface area contributed by atoms with Crippen molar-refractivity contribution in [1.82, 2.24) is 10.3 Å². The molecule has 0 aliphatic carbocycles. The normalized spacial score (nSPS) is 18.2.